The first kappa shape index (κ1) is 19.4. The Labute approximate surface area is 169 Å². The summed E-state index contributed by atoms with van der Waals surface area (Å²) in [5.74, 6) is 0.611. The first-order chi connectivity index (χ1) is 13.3. The van der Waals surface area contributed by atoms with Crippen molar-refractivity contribution in [2.24, 2.45) is 0 Å². The van der Waals surface area contributed by atoms with Crippen molar-refractivity contribution in [3.8, 4) is 10.6 Å². The minimum absolute atomic E-state index is 0.176. The Bertz CT molecular complexity index is 862. The number of likely N-dealkylation sites (tertiary alicyclic amines) is 1. The Hall–Kier alpha value is -1.95. The van der Waals surface area contributed by atoms with Crippen LogP contribution in [0.4, 0.5) is 9.18 Å². The Morgan fingerprint density at radius 2 is 1.89 bits per heavy atom. The standard InChI is InChI=1S/C22H27FN2O2S/c1-22(2,3)27-21(26)25-11-9-15(10-12-25)18-13-28-20(24-18)19-16(14-7-8-14)5-4-6-17(19)23/h4-6,13-15H,7-12H2,1-3H3. The van der Waals surface area contributed by atoms with E-state index in [0.717, 1.165) is 41.9 Å². The fraction of sp³-hybridized carbons (Fsp3) is 0.545. The molecule has 2 aromatic rings. The third kappa shape index (κ3) is 4.22. The summed E-state index contributed by atoms with van der Waals surface area (Å²) in [6.45, 7) is 6.98. The summed E-state index contributed by atoms with van der Waals surface area (Å²) in [7, 11) is 0. The van der Waals surface area contributed by atoms with Crippen LogP contribution in [0, 0.1) is 5.82 Å². The lowest BCUT2D eigenvalue weighted by atomic mass is 9.94. The molecular formula is C22H27FN2O2S. The smallest absolute Gasteiger partial charge is 0.410 e. The summed E-state index contributed by atoms with van der Waals surface area (Å²) >= 11 is 1.53. The number of ether oxygens (including phenoxy) is 1. The van der Waals surface area contributed by atoms with Crippen molar-refractivity contribution < 1.29 is 13.9 Å². The number of amides is 1. The third-order valence-corrected chi connectivity index (χ3v) is 6.24. The number of benzene rings is 1. The molecule has 0 N–H and O–H groups in total. The number of thiazole rings is 1. The molecule has 0 spiro atoms. The van der Waals surface area contributed by atoms with Gasteiger partial charge in [-0.1, -0.05) is 12.1 Å². The summed E-state index contributed by atoms with van der Waals surface area (Å²) < 4.78 is 20.0. The second kappa shape index (κ2) is 7.47. The van der Waals surface area contributed by atoms with Gasteiger partial charge in [-0.05, 0) is 64.0 Å². The number of piperidine rings is 1. The molecule has 1 saturated carbocycles. The van der Waals surface area contributed by atoms with Gasteiger partial charge in [-0.15, -0.1) is 11.3 Å². The molecule has 150 valence electrons. The Balaban J connectivity index is 1.45. The second-order valence-corrected chi connectivity index (χ2v) is 9.66. The monoisotopic (exact) mass is 402 g/mol. The molecule has 6 heteroatoms. The lowest BCUT2D eigenvalue weighted by Gasteiger charge is -2.32. The Morgan fingerprint density at radius 1 is 1.18 bits per heavy atom. The number of hydrogen-bond acceptors (Lipinski definition) is 4. The molecule has 0 atom stereocenters. The third-order valence-electron chi connectivity index (χ3n) is 5.36. The molecule has 4 nitrogen and oxygen atoms in total. The predicted molar refractivity (Wildman–Crippen MR) is 109 cm³/mol. The van der Waals surface area contributed by atoms with Crippen LogP contribution in [0.25, 0.3) is 10.6 Å². The van der Waals surface area contributed by atoms with E-state index < -0.39 is 5.60 Å². The first-order valence-electron chi connectivity index (χ1n) is 10.0. The largest absolute Gasteiger partial charge is 0.444 e. The van der Waals surface area contributed by atoms with Gasteiger partial charge < -0.3 is 9.64 Å². The molecule has 2 heterocycles. The van der Waals surface area contributed by atoms with Crippen LogP contribution < -0.4 is 0 Å². The molecule has 4 rings (SSSR count). The van der Waals surface area contributed by atoms with E-state index in [9.17, 15) is 9.18 Å². The molecule has 0 unspecified atom stereocenters. The van der Waals surface area contributed by atoms with Crippen LogP contribution in [-0.4, -0.2) is 34.7 Å². The number of carbonyl (C=O) groups excluding carboxylic acids is 1. The van der Waals surface area contributed by atoms with Crippen LogP contribution in [0.1, 0.15) is 69.5 Å². The molecule has 1 aliphatic carbocycles. The van der Waals surface area contributed by atoms with E-state index in [4.69, 9.17) is 9.72 Å². The number of hydrogen-bond donors (Lipinski definition) is 0. The average molecular weight is 403 g/mol. The van der Waals surface area contributed by atoms with Gasteiger partial charge in [0.1, 0.15) is 16.4 Å². The van der Waals surface area contributed by atoms with Crippen molar-refractivity contribution in [2.75, 3.05) is 13.1 Å². The fourth-order valence-electron chi connectivity index (χ4n) is 3.77. The van der Waals surface area contributed by atoms with Gasteiger partial charge in [0.05, 0.1) is 5.69 Å². The molecule has 1 amide bonds. The summed E-state index contributed by atoms with van der Waals surface area (Å²) in [6.07, 6.45) is 3.74. The zero-order valence-corrected chi connectivity index (χ0v) is 17.5. The van der Waals surface area contributed by atoms with E-state index in [2.05, 4.69) is 5.38 Å². The summed E-state index contributed by atoms with van der Waals surface area (Å²) in [5, 5.41) is 2.84. The number of nitrogens with zero attached hydrogens (tertiary/aromatic N) is 2. The number of halogens is 1. The van der Waals surface area contributed by atoms with Crippen LogP contribution in [0.5, 0.6) is 0 Å². The van der Waals surface area contributed by atoms with Crippen molar-refractivity contribution in [1.29, 1.82) is 0 Å². The minimum atomic E-state index is -0.475. The molecule has 2 aliphatic rings. The van der Waals surface area contributed by atoms with E-state index >= 15 is 0 Å². The fourth-order valence-corrected chi connectivity index (χ4v) is 4.74. The van der Waals surface area contributed by atoms with Gasteiger partial charge in [0.2, 0.25) is 0 Å². The highest BCUT2D eigenvalue weighted by molar-refractivity contribution is 7.13. The van der Waals surface area contributed by atoms with Gasteiger partial charge in [-0.2, -0.15) is 0 Å². The van der Waals surface area contributed by atoms with Crippen LogP contribution in [-0.2, 0) is 4.74 Å². The maximum Gasteiger partial charge on any atom is 0.410 e. The van der Waals surface area contributed by atoms with Crippen LogP contribution in [0.15, 0.2) is 23.6 Å². The first-order valence-corrected chi connectivity index (χ1v) is 10.9. The number of carbonyl (C=O) groups is 1. The van der Waals surface area contributed by atoms with Gasteiger partial charge in [0.15, 0.2) is 0 Å². The highest BCUT2D eigenvalue weighted by atomic mass is 32.1. The number of rotatable bonds is 3. The molecule has 0 bridgehead atoms. The molecule has 2 fully saturated rings. The molecule has 0 radical (unpaired) electrons. The van der Waals surface area contributed by atoms with Gasteiger partial charge in [0, 0.05) is 30.0 Å². The van der Waals surface area contributed by atoms with Crippen molar-refractivity contribution in [3.05, 3.63) is 40.7 Å². The summed E-state index contributed by atoms with van der Waals surface area (Å²) in [5.41, 5.74) is 2.33. The topological polar surface area (TPSA) is 42.4 Å². The highest BCUT2D eigenvalue weighted by Crippen LogP contribution is 2.46. The molecule has 1 aliphatic heterocycles. The van der Waals surface area contributed by atoms with E-state index in [1.165, 1.54) is 17.4 Å². The van der Waals surface area contributed by atoms with Gasteiger partial charge >= 0.3 is 6.09 Å². The van der Waals surface area contributed by atoms with Crippen LogP contribution in [0.3, 0.4) is 0 Å². The zero-order valence-electron chi connectivity index (χ0n) is 16.7. The molecule has 28 heavy (non-hydrogen) atoms. The van der Waals surface area contributed by atoms with Crippen molar-refractivity contribution in [2.45, 2.75) is 63.9 Å². The second-order valence-electron chi connectivity index (χ2n) is 8.80. The maximum atomic E-state index is 14.6. The molecule has 1 aromatic heterocycles. The van der Waals surface area contributed by atoms with E-state index in [1.54, 1.807) is 11.0 Å². The maximum absolute atomic E-state index is 14.6. The van der Waals surface area contributed by atoms with E-state index in [-0.39, 0.29) is 11.9 Å². The highest BCUT2D eigenvalue weighted by Gasteiger charge is 2.31. The van der Waals surface area contributed by atoms with Gasteiger partial charge in [-0.3, -0.25) is 0 Å². The molecular weight excluding hydrogens is 375 g/mol. The van der Waals surface area contributed by atoms with Crippen molar-refractivity contribution in [1.82, 2.24) is 9.88 Å². The van der Waals surface area contributed by atoms with Crippen molar-refractivity contribution in [3.63, 3.8) is 0 Å². The SMILES string of the molecule is CC(C)(C)OC(=O)N1CCC(c2csc(-c3c(F)cccc3C3CC3)n2)CC1. The Morgan fingerprint density at radius 3 is 2.54 bits per heavy atom. The number of aromatic nitrogens is 1. The van der Waals surface area contributed by atoms with Gasteiger partial charge in [0.25, 0.3) is 0 Å². The average Bonchev–Trinajstić information content (AvgIpc) is 3.37. The lowest BCUT2D eigenvalue weighted by molar-refractivity contribution is 0.0204. The quantitative estimate of drug-likeness (QED) is 0.638. The van der Waals surface area contributed by atoms with Gasteiger partial charge in [-0.25, -0.2) is 14.2 Å². The van der Waals surface area contributed by atoms with Crippen LogP contribution >= 0.6 is 11.3 Å². The predicted octanol–water partition coefficient (Wildman–Crippen LogP) is 5.94. The summed E-state index contributed by atoms with van der Waals surface area (Å²) in [4.78, 5) is 18.8. The van der Waals surface area contributed by atoms with E-state index in [0.29, 0.717) is 30.5 Å². The van der Waals surface area contributed by atoms with Crippen LogP contribution in [0.2, 0.25) is 0 Å². The van der Waals surface area contributed by atoms with E-state index in [1.807, 2.05) is 26.8 Å². The molecule has 1 saturated heterocycles. The normalized spacial score (nSPS) is 18.4. The summed E-state index contributed by atoms with van der Waals surface area (Å²) in [6, 6.07) is 5.37. The minimum Gasteiger partial charge on any atom is -0.444 e. The molecule has 1 aromatic carbocycles. The lowest BCUT2D eigenvalue weighted by Crippen LogP contribution is -2.41. The Kier molecular flexibility index (Phi) is 5.17. The van der Waals surface area contributed by atoms with Crippen molar-refractivity contribution >= 4 is 17.4 Å². The zero-order chi connectivity index (χ0) is 19.9.